The normalized spacial score (nSPS) is 9.84. The summed E-state index contributed by atoms with van der Waals surface area (Å²) in [6.07, 6.45) is 0.972. The summed E-state index contributed by atoms with van der Waals surface area (Å²) in [5.41, 5.74) is 0. The second-order valence-electron chi connectivity index (χ2n) is 3.81. The van der Waals surface area contributed by atoms with Gasteiger partial charge in [0.25, 0.3) is 0 Å². The quantitative estimate of drug-likeness (QED) is 0.581. The van der Waals surface area contributed by atoms with Gasteiger partial charge in [-0.25, -0.2) is 0 Å². The molecule has 0 atom stereocenters. The Morgan fingerprint density at radius 3 is 2.26 bits per heavy atom. The van der Waals surface area contributed by atoms with E-state index in [0.717, 1.165) is 13.0 Å². The maximum Gasteiger partial charge on any atom is 0.322 e. The zero-order valence-corrected chi connectivity index (χ0v) is 11.5. The minimum absolute atomic E-state index is 0.0691. The molecule has 19 heavy (non-hydrogen) atoms. The Hall–Kier alpha value is -2.12. The van der Waals surface area contributed by atoms with Crippen LogP contribution in [0.4, 0.5) is 11.9 Å². The van der Waals surface area contributed by atoms with Crippen LogP contribution in [-0.2, 0) is 4.79 Å². The number of hydrogen-bond acceptors (Lipinski definition) is 7. The molecule has 8 nitrogen and oxygen atoms in total. The highest BCUT2D eigenvalue weighted by Gasteiger charge is 2.05. The maximum atomic E-state index is 10.7. The molecule has 1 aromatic heterocycles. The lowest BCUT2D eigenvalue weighted by Crippen LogP contribution is -2.26. The standard InChI is InChI=1S/C11H20N6O2/c1-4-5-13-9-15-10(17-11(16-9)19-3)14-7-6-12-8(2)18/h4-7H2,1-3H3,(H,12,18)(H2,13,14,15,16,17). The number of nitrogens with zero attached hydrogens (tertiary/aromatic N) is 3. The zero-order valence-electron chi connectivity index (χ0n) is 11.5. The van der Waals surface area contributed by atoms with Crippen LogP contribution in [0.5, 0.6) is 6.01 Å². The Balaban J connectivity index is 2.57. The van der Waals surface area contributed by atoms with Crippen LogP contribution in [-0.4, -0.2) is 47.6 Å². The molecule has 0 fully saturated rings. The predicted molar refractivity (Wildman–Crippen MR) is 72.3 cm³/mol. The van der Waals surface area contributed by atoms with E-state index < -0.39 is 0 Å². The van der Waals surface area contributed by atoms with Crippen LogP contribution < -0.4 is 20.7 Å². The fourth-order valence-electron chi connectivity index (χ4n) is 1.26. The van der Waals surface area contributed by atoms with E-state index in [2.05, 4.69) is 37.8 Å². The molecule has 0 saturated heterocycles. The Labute approximate surface area is 112 Å². The second-order valence-corrected chi connectivity index (χ2v) is 3.81. The first-order valence-electron chi connectivity index (χ1n) is 6.18. The number of methoxy groups -OCH3 is 1. The average Bonchev–Trinajstić information content (AvgIpc) is 2.41. The lowest BCUT2D eigenvalue weighted by molar-refractivity contribution is -0.118. The summed E-state index contributed by atoms with van der Waals surface area (Å²) in [6, 6.07) is 0.246. The fourth-order valence-corrected chi connectivity index (χ4v) is 1.26. The van der Waals surface area contributed by atoms with Gasteiger partial charge in [0.2, 0.25) is 17.8 Å². The number of hydrogen-bond donors (Lipinski definition) is 3. The van der Waals surface area contributed by atoms with Crippen molar-refractivity contribution in [1.82, 2.24) is 20.3 Å². The lowest BCUT2D eigenvalue weighted by atomic mass is 10.5. The first kappa shape index (κ1) is 14.9. The second kappa shape index (κ2) is 8.06. The van der Waals surface area contributed by atoms with Crippen molar-refractivity contribution in [3.05, 3.63) is 0 Å². The molecule has 0 aromatic carbocycles. The van der Waals surface area contributed by atoms with Crippen LogP contribution in [0, 0.1) is 0 Å². The first-order valence-corrected chi connectivity index (χ1v) is 6.18. The molecule has 0 aliphatic rings. The van der Waals surface area contributed by atoms with Gasteiger partial charge >= 0.3 is 6.01 Å². The van der Waals surface area contributed by atoms with Crippen LogP contribution in [0.2, 0.25) is 0 Å². The third-order valence-electron chi connectivity index (χ3n) is 2.11. The Morgan fingerprint density at radius 1 is 1.11 bits per heavy atom. The van der Waals surface area contributed by atoms with Gasteiger partial charge in [-0.05, 0) is 6.42 Å². The van der Waals surface area contributed by atoms with Gasteiger partial charge < -0.3 is 20.7 Å². The Kier molecular flexibility index (Phi) is 6.34. The summed E-state index contributed by atoms with van der Waals surface area (Å²) in [7, 11) is 1.50. The van der Waals surface area contributed by atoms with E-state index in [9.17, 15) is 4.79 Å². The van der Waals surface area contributed by atoms with Gasteiger partial charge in [-0.1, -0.05) is 6.92 Å². The topological polar surface area (TPSA) is 101 Å². The first-order chi connectivity index (χ1) is 9.15. The molecule has 0 bridgehead atoms. The molecule has 3 N–H and O–H groups in total. The highest BCUT2D eigenvalue weighted by Crippen LogP contribution is 2.10. The van der Waals surface area contributed by atoms with Crippen molar-refractivity contribution in [2.75, 3.05) is 37.4 Å². The minimum atomic E-state index is -0.0691. The van der Waals surface area contributed by atoms with Gasteiger partial charge in [-0.15, -0.1) is 0 Å². The number of amides is 1. The number of rotatable bonds is 8. The lowest BCUT2D eigenvalue weighted by Gasteiger charge is -2.09. The van der Waals surface area contributed by atoms with Gasteiger partial charge in [-0.2, -0.15) is 15.0 Å². The highest BCUT2D eigenvalue weighted by atomic mass is 16.5. The van der Waals surface area contributed by atoms with E-state index in [1.54, 1.807) is 0 Å². The van der Waals surface area contributed by atoms with Gasteiger partial charge in [0.1, 0.15) is 0 Å². The summed E-state index contributed by atoms with van der Waals surface area (Å²) < 4.78 is 5.01. The van der Waals surface area contributed by atoms with Crippen LogP contribution in [0.3, 0.4) is 0 Å². The van der Waals surface area contributed by atoms with Crippen molar-refractivity contribution in [2.45, 2.75) is 20.3 Å². The van der Waals surface area contributed by atoms with Crippen LogP contribution in [0.1, 0.15) is 20.3 Å². The van der Waals surface area contributed by atoms with Gasteiger partial charge in [0.15, 0.2) is 0 Å². The molecule has 1 heterocycles. The predicted octanol–water partition coefficient (Wildman–Crippen LogP) is 0.250. The summed E-state index contributed by atoms with van der Waals surface area (Å²) in [4.78, 5) is 23.1. The molecule has 0 radical (unpaired) electrons. The molecule has 0 aliphatic carbocycles. The molecule has 8 heteroatoms. The molecule has 1 rings (SSSR count). The number of carbonyl (C=O) groups excluding carboxylic acids is 1. The van der Waals surface area contributed by atoms with Gasteiger partial charge in [0, 0.05) is 26.6 Å². The zero-order chi connectivity index (χ0) is 14.1. The number of anilines is 2. The molecular formula is C11H20N6O2. The molecule has 0 saturated carbocycles. The SMILES string of the molecule is CCCNc1nc(NCCNC(C)=O)nc(OC)n1. The van der Waals surface area contributed by atoms with E-state index in [1.807, 2.05) is 0 Å². The highest BCUT2D eigenvalue weighted by molar-refractivity contribution is 5.72. The monoisotopic (exact) mass is 268 g/mol. The third kappa shape index (κ3) is 5.84. The van der Waals surface area contributed by atoms with Gasteiger partial charge in [0.05, 0.1) is 7.11 Å². The smallest absolute Gasteiger partial charge is 0.322 e. The van der Waals surface area contributed by atoms with E-state index in [4.69, 9.17) is 4.74 Å². The summed E-state index contributed by atoms with van der Waals surface area (Å²) in [5, 5.41) is 8.73. The van der Waals surface area contributed by atoms with E-state index >= 15 is 0 Å². The fraction of sp³-hybridized carbons (Fsp3) is 0.636. The summed E-state index contributed by atoms with van der Waals surface area (Å²) in [6.45, 7) is 5.33. The van der Waals surface area contributed by atoms with Crippen molar-refractivity contribution in [1.29, 1.82) is 0 Å². The molecule has 0 aliphatic heterocycles. The van der Waals surface area contributed by atoms with Crippen molar-refractivity contribution in [3.63, 3.8) is 0 Å². The number of aromatic nitrogens is 3. The van der Waals surface area contributed by atoms with E-state index in [1.165, 1.54) is 14.0 Å². The molecule has 1 amide bonds. The van der Waals surface area contributed by atoms with Gasteiger partial charge in [-0.3, -0.25) is 4.79 Å². The number of ether oxygens (including phenoxy) is 1. The summed E-state index contributed by atoms with van der Waals surface area (Å²) >= 11 is 0. The Morgan fingerprint density at radius 2 is 1.74 bits per heavy atom. The minimum Gasteiger partial charge on any atom is -0.467 e. The largest absolute Gasteiger partial charge is 0.467 e. The molecule has 106 valence electrons. The maximum absolute atomic E-state index is 10.7. The van der Waals surface area contributed by atoms with Crippen LogP contribution in [0.15, 0.2) is 0 Å². The van der Waals surface area contributed by atoms with Crippen LogP contribution >= 0.6 is 0 Å². The van der Waals surface area contributed by atoms with Crippen molar-refractivity contribution < 1.29 is 9.53 Å². The van der Waals surface area contributed by atoms with Crippen molar-refractivity contribution >= 4 is 17.8 Å². The molecule has 1 aromatic rings. The molecule has 0 spiro atoms. The number of carbonyl (C=O) groups is 1. The molecule has 0 unspecified atom stereocenters. The summed E-state index contributed by atoms with van der Waals surface area (Å²) in [5.74, 6) is 0.812. The van der Waals surface area contributed by atoms with Crippen molar-refractivity contribution in [2.24, 2.45) is 0 Å². The van der Waals surface area contributed by atoms with E-state index in [0.29, 0.717) is 25.0 Å². The van der Waals surface area contributed by atoms with Crippen LogP contribution in [0.25, 0.3) is 0 Å². The van der Waals surface area contributed by atoms with E-state index in [-0.39, 0.29) is 11.9 Å². The number of nitrogens with one attached hydrogen (secondary N) is 3. The third-order valence-corrected chi connectivity index (χ3v) is 2.11. The Bertz CT molecular complexity index is 412. The molecular weight excluding hydrogens is 248 g/mol. The van der Waals surface area contributed by atoms with Crippen molar-refractivity contribution in [3.8, 4) is 6.01 Å². The average molecular weight is 268 g/mol.